The molecule has 236 valence electrons. The normalized spacial score (nSPS) is 24.4. The number of alkyl carbamates (subject to hydrolysis) is 1. The highest BCUT2D eigenvalue weighted by atomic mass is 32.2. The molecule has 2 saturated heterocycles. The van der Waals surface area contributed by atoms with E-state index in [9.17, 15) is 18.3 Å². The Morgan fingerprint density at radius 3 is 2.44 bits per heavy atom. The molecule has 3 N–H and O–H groups in total. The van der Waals surface area contributed by atoms with Gasteiger partial charge in [0.1, 0.15) is 24.2 Å². The van der Waals surface area contributed by atoms with Gasteiger partial charge in [-0.05, 0) is 69.4 Å². The summed E-state index contributed by atoms with van der Waals surface area (Å²) < 4.78 is 58.3. The van der Waals surface area contributed by atoms with Gasteiger partial charge in [0.2, 0.25) is 10.0 Å². The molecule has 12 heteroatoms. The molecule has 2 aliphatic heterocycles. The predicted molar refractivity (Wildman–Crippen MR) is 157 cm³/mol. The van der Waals surface area contributed by atoms with Crippen molar-refractivity contribution in [3.63, 3.8) is 0 Å². The summed E-state index contributed by atoms with van der Waals surface area (Å²) in [4.78, 5) is 13.1. The number of fused-ring (bicyclic) bond motifs is 1. The Labute approximate surface area is 253 Å². The Morgan fingerprint density at radius 1 is 1.02 bits per heavy atom. The van der Waals surface area contributed by atoms with Crippen molar-refractivity contribution in [3.05, 3.63) is 60.2 Å². The molecule has 0 aromatic heterocycles. The fourth-order valence-corrected chi connectivity index (χ4v) is 6.94. The minimum atomic E-state index is -4.12. The number of carbonyl (C=O) groups is 1. The van der Waals surface area contributed by atoms with Gasteiger partial charge in [-0.15, -0.1) is 0 Å². The number of sulfonamides is 1. The molecule has 3 fully saturated rings. The largest absolute Gasteiger partial charge is 0.491 e. The molecule has 0 radical (unpaired) electrons. The topological polar surface area (TPSA) is 142 Å². The second-order valence-corrected chi connectivity index (χ2v) is 13.3. The summed E-state index contributed by atoms with van der Waals surface area (Å²) in [5.41, 5.74) is 0.837. The SMILES string of the molecule is CC(C)Oc1ccc(S(=O)(=O)NC(OC2CCCC2)[C@H](O)[C@H](Cc2ccccc2)NC(=O)O[C@H]2CO[C@H]3OCC[C@H]32)cc1. The van der Waals surface area contributed by atoms with Gasteiger partial charge in [0.25, 0.3) is 0 Å². The minimum Gasteiger partial charge on any atom is -0.491 e. The number of aliphatic hydroxyl groups excluding tert-OH is 1. The predicted octanol–water partition coefficient (Wildman–Crippen LogP) is 3.50. The van der Waals surface area contributed by atoms with E-state index in [1.165, 1.54) is 12.1 Å². The zero-order valence-corrected chi connectivity index (χ0v) is 25.4. The lowest BCUT2D eigenvalue weighted by atomic mass is 10.00. The maximum atomic E-state index is 13.5. The molecule has 5 rings (SSSR count). The average Bonchev–Trinajstić information content (AvgIpc) is 3.73. The number of ether oxygens (including phenoxy) is 5. The zero-order chi connectivity index (χ0) is 30.4. The quantitative estimate of drug-likeness (QED) is 0.288. The van der Waals surface area contributed by atoms with E-state index in [0.29, 0.717) is 12.4 Å². The molecule has 1 saturated carbocycles. The highest BCUT2D eigenvalue weighted by molar-refractivity contribution is 7.89. The first kappa shape index (κ1) is 31.7. The van der Waals surface area contributed by atoms with Crippen molar-refractivity contribution in [1.29, 1.82) is 0 Å². The number of benzene rings is 2. The van der Waals surface area contributed by atoms with Crippen molar-refractivity contribution in [2.75, 3.05) is 13.2 Å². The maximum Gasteiger partial charge on any atom is 0.407 e. The molecule has 1 aliphatic carbocycles. The molecule has 2 aromatic carbocycles. The first-order valence-corrected chi connectivity index (χ1v) is 16.5. The van der Waals surface area contributed by atoms with E-state index in [0.717, 1.165) is 37.7 Å². The number of rotatable bonds is 13. The molecule has 43 heavy (non-hydrogen) atoms. The van der Waals surface area contributed by atoms with Gasteiger partial charge in [-0.2, -0.15) is 4.72 Å². The summed E-state index contributed by atoms with van der Waals surface area (Å²) in [6.07, 6.45) is -0.345. The van der Waals surface area contributed by atoms with Crippen molar-refractivity contribution in [2.45, 2.75) is 100 Å². The summed E-state index contributed by atoms with van der Waals surface area (Å²) in [6.45, 7) is 4.54. The summed E-state index contributed by atoms with van der Waals surface area (Å²) in [5.74, 6) is 0.493. The minimum absolute atomic E-state index is 0.00243. The molecule has 11 nitrogen and oxygen atoms in total. The van der Waals surface area contributed by atoms with Crippen LogP contribution in [0.1, 0.15) is 51.5 Å². The molecular formula is C31H42N2O9S. The van der Waals surface area contributed by atoms with Gasteiger partial charge in [-0.3, -0.25) is 0 Å². The van der Waals surface area contributed by atoms with Crippen LogP contribution in [0.15, 0.2) is 59.5 Å². The van der Waals surface area contributed by atoms with E-state index in [2.05, 4.69) is 10.0 Å². The second kappa shape index (κ2) is 14.4. The molecule has 1 unspecified atom stereocenters. The zero-order valence-electron chi connectivity index (χ0n) is 24.6. The summed E-state index contributed by atoms with van der Waals surface area (Å²) in [6, 6.07) is 14.4. The highest BCUT2D eigenvalue weighted by Crippen LogP contribution is 2.33. The Bertz CT molecular complexity index is 1290. The average molecular weight is 619 g/mol. The van der Waals surface area contributed by atoms with Crippen molar-refractivity contribution >= 4 is 16.1 Å². The Morgan fingerprint density at radius 2 is 1.74 bits per heavy atom. The van der Waals surface area contributed by atoms with Crippen LogP contribution < -0.4 is 14.8 Å². The van der Waals surface area contributed by atoms with E-state index >= 15 is 0 Å². The number of hydrogen-bond acceptors (Lipinski definition) is 9. The van der Waals surface area contributed by atoms with Crippen LogP contribution in [0.5, 0.6) is 5.75 Å². The summed E-state index contributed by atoms with van der Waals surface area (Å²) in [5, 5.41) is 14.5. The number of nitrogens with one attached hydrogen (secondary N) is 2. The fourth-order valence-electron chi connectivity index (χ4n) is 5.81. The Hall–Kier alpha value is -2.74. The van der Waals surface area contributed by atoms with Crippen LogP contribution in [0.2, 0.25) is 0 Å². The van der Waals surface area contributed by atoms with Crippen LogP contribution in [-0.4, -0.2) is 75.8 Å². The van der Waals surface area contributed by atoms with Crippen molar-refractivity contribution < 1.29 is 42.0 Å². The second-order valence-electron chi connectivity index (χ2n) is 11.6. The van der Waals surface area contributed by atoms with Crippen molar-refractivity contribution in [3.8, 4) is 5.75 Å². The monoisotopic (exact) mass is 618 g/mol. The summed E-state index contributed by atoms with van der Waals surface area (Å²) in [7, 11) is -4.12. The number of amides is 1. The van der Waals surface area contributed by atoms with E-state index in [-0.39, 0.29) is 42.3 Å². The van der Waals surface area contributed by atoms with Gasteiger partial charge in [0, 0.05) is 0 Å². The van der Waals surface area contributed by atoms with Crippen molar-refractivity contribution in [1.82, 2.24) is 10.0 Å². The smallest absolute Gasteiger partial charge is 0.407 e. The Kier molecular flexibility index (Phi) is 10.6. The maximum absolute atomic E-state index is 13.5. The van der Waals surface area contributed by atoms with Crippen LogP contribution in [-0.2, 0) is 35.4 Å². The van der Waals surface area contributed by atoms with Gasteiger partial charge in [0.15, 0.2) is 6.29 Å². The standard InChI is InChI=1S/C31H42N2O9S/c1-20(2)40-23-12-14-24(15-13-23)43(36,37)33-29(41-22-10-6-7-11-22)28(34)26(18-21-8-4-3-5-9-21)32-31(35)42-27-19-39-30-25(27)16-17-38-30/h3-5,8-9,12-15,20,22,25-30,33-34H,6-7,10-11,16-19H2,1-2H3,(H,32,35)/t25-,26-,27-,28+,29?,30+/m0/s1. The third-order valence-electron chi connectivity index (χ3n) is 7.99. The third kappa shape index (κ3) is 8.46. The first-order chi connectivity index (χ1) is 20.7. The number of aliphatic hydroxyl groups is 1. The third-order valence-corrected chi connectivity index (χ3v) is 9.42. The van der Waals surface area contributed by atoms with Crippen LogP contribution in [0.25, 0.3) is 0 Å². The van der Waals surface area contributed by atoms with Crippen LogP contribution in [0.3, 0.4) is 0 Å². The number of carbonyl (C=O) groups excluding carboxylic acids is 1. The van der Waals surface area contributed by atoms with Gasteiger partial charge in [-0.1, -0.05) is 43.2 Å². The molecule has 2 aromatic rings. The number of hydrogen-bond donors (Lipinski definition) is 3. The molecule has 0 bridgehead atoms. The molecule has 1 amide bonds. The lowest BCUT2D eigenvalue weighted by Crippen LogP contribution is -2.57. The molecule has 0 spiro atoms. The van der Waals surface area contributed by atoms with E-state index in [1.54, 1.807) is 12.1 Å². The van der Waals surface area contributed by atoms with Gasteiger partial charge < -0.3 is 34.1 Å². The highest BCUT2D eigenvalue weighted by Gasteiger charge is 2.44. The lowest BCUT2D eigenvalue weighted by molar-refractivity contribution is -0.0912. The first-order valence-electron chi connectivity index (χ1n) is 15.0. The van der Waals surface area contributed by atoms with E-state index in [1.807, 2.05) is 44.2 Å². The lowest BCUT2D eigenvalue weighted by Gasteiger charge is -2.33. The molecular weight excluding hydrogens is 576 g/mol. The van der Waals surface area contributed by atoms with Gasteiger partial charge in [-0.25, -0.2) is 13.2 Å². The van der Waals surface area contributed by atoms with Crippen LogP contribution in [0.4, 0.5) is 4.79 Å². The van der Waals surface area contributed by atoms with E-state index in [4.69, 9.17) is 23.7 Å². The fraction of sp³-hybridized carbons (Fsp3) is 0.581. The van der Waals surface area contributed by atoms with Crippen LogP contribution >= 0.6 is 0 Å². The van der Waals surface area contributed by atoms with E-state index < -0.39 is 40.6 Å². The summed E-state index contributed by atoms with van der Waals surface area (Å²) >= 11 is 0. The van der Waals surface area contributed by atoms with Crippen molar-refractivity contribution in [2.24, 2.45) is 5.92 Å². The van der Waals surface area contributed by atoms with Crippen LogP contribution in [0, 0.1) is 5.92 Å². The molecule has 6 atom stereocenters. The Balaban J connectivity index is 1.34. The van der Waals surface area contributed by atoms with Gasteiger partial charge >= 0.3 is 6.09 Å². The van der Waals surface area contributed by atoms with Gasteiger partial charge in [0.05, 0.1) is 42.3 Å². The molecule has 2 heterocycles. The molecule has 3 aliphatic rings.